The lowest BCUT2D eigenvalue weighted by Crippen LogP contribution is -2.36. The third kappa shape index (κ3) is 4.42. The Morgan fingerprint density at radius 3 is 2.45 bits per heavy atom. The van der Waals surface area contributed by atoms with E-state index < -0.39 is 16.9 Å². The second kappa shape index (κ2) is 9.41. The minimum Gasteiger partial charge on any atom is -0.462 e. The smallest absolute Gasteiger partial charge is 0.360 e. The molecule has 3 heterocycles. The van der Waals surface area contributed by atoms with Gasteiger partial charge in [0.05, 0.1) is 24.5 Å². The summed E-state index contributed by atoms with van der Waals surface area (Å²) in [7, 11) is 0. The van der Waals surface area contributed by atoms with Gasteiger partial charge in [0.2, 0.25) is 5.82 Å². The summed E-state index contributed by atoms with van der Waals surface area (Å²) in [6, 6.07) is 1.24. The van der Waals surface area contributed by atoms with Crippen molar-refractivity contribution in [3.63, 3.8) is 0 Å². The lowest BCUT2D eigenvalue weighted by Gasteiger charge is -2.33. The fourth-order valence-corrected chi connectivity index (χ4v) is 3.60. The zero-order chi connectivity index (χ0) is 22.5. The molecule has 1 fully saturated rings. The van der Waals surface area contributed by atoms with Crippen LogP contribution in [0.5, 0.6) is 0 Å². The Hall–Kier alpha value is -3.70. The van der Waals surface area contributed by atoms with Gasteiger partial charge in [-0.15, -0.1) is 0 Å². The zero-order valence-corrected chi connectivity index (χ0v) is 17.3. The highest BCUT2D eigenvalue weighted by Crippen LogP contribution is 2.34. The van der Waals surface area contributed by atoms with Crippen molar-refractivity contribution in [2.75, 3.05) is 36.9 Å². The van der Waals surface area contributed by atoms with E-state index in [-0.39, 0.29) is 47.8 Å². The molecule has 0 aromatic carbocycles. The highest BCUT2D eigenvalue weighted by atomic mass is 16.6. The van der Waals surface area contributed by atoms with Gasteiger partial charge in [-0.1, -0.05) is 0 Å². The summed E-state index contributed by atoms with van der Waals surface area (Å²) in [5, 5.41) is 11.7. The number of nitrogen functional groups attached to an aromatic ring is 1. The molecular weight excluding hydrogens is 408 g/mol. The van der Waals surface area contributed by atoms with Crippen LogP contribution in [0.3, 0.4) is 0 Å². The van der Waals surface area contributed by atoms with Crippen molar-refractivity contribution < 1.29 is 24.0 Å². The maximum atomic E-state index is 12.1. The molecule has 12 heteroatoms. The molecule has 0 bridgehead atoms. The molecule has 2 N–H and O–H groups in total. The summed E-state index contributed by atoms with van der Waals surface area (Å²) in [4.78, 5) is 45.2. The molecule has 0 amide bonds. The number of anilines is 2. The van der Waals surface area contributed by atoms with Gasteiger partial charge in [0.25, 0.3) is 0 Å². The number of ether oxygens (including phenoxy) is 2. The minimum atomic E-state index is -0.759. The van der Waals surface area contributed by atoms with Crippen LogP contribution in [0, 0.1) is 10.1 Å². The lowest BCUT2D eigenvalue weighted by molar-refractivity contribution is -0.384. The zero-order valence-electron chi connectivity index (χ0n) is 17.3. The van der Waals surface area contributed by atoms with Gasteiger partial charge in [0.1, 0.15) is 11.4 Å². The van der Waals surface area contributed by atoms with Crippen LogP contribution < -0.4 is 10.6 Å². The van der Waals surface area contributed by atoms with Crippen LogP contribution in [-0.2, 0) is 9.47 Å². The summed E-state index contributed by atoms with van der Waals surface area (Å²) >= 11 is 0. The van der Waals surface area contributed by atoms with Crippen molar-refractivity contribution in [1.82, 2.24) is 14.5 Å². The van der Waals surface area contributed by atoms with Crippen LogP contribution in [0.25, 0.3) is 0 Å². The molecule has 0 aliphatic carbocycles. The van der Waals surface area contributed by atoms with E-state index in [9.17, 15) is 19.7 Å². The third-order valence-corrected chi connectivity index (χ3v) is 5.04. The van der Waals surface area contributed by atoms with Crippen LogP contribution in [-0.4, -0.2) is 57.7 Å². The van der Waals surface area contributed by atoms with E-state index >= 15 is 0 Å². The predicted molar refractivity (Wildman–Crippen MR) is 110 cm³/mol. The Balaban J connectivity index is 1.79. The van der Waals surface area contributed by atoms with E-state index in [1.54, 1.807) is 23.3 Å². The number of nitro groups is 1. The Morgan fingerprint density at radius 1 is 1.19 bits per heavy atom. The average molecular weight is 432 g/mol. The molecule has 1 aliphatic heterocycles. The van der Waals surface area contributed by atoms with E-state index in [4.69, 9.17) is 15.2 Å². The molecular formula is C19H24N6O6. The molecule has 1 saturated heterocycles. The number of piperidine rings is 1. The molecule has 0 saturated carbocycles. The first-order valence-corrected chi connectivity index (χ1v) is 9.93. The maximum absolute atomic E-state index is 12.1. The second-order valence-electron chi connectivity index (χ2n) is 6.83. The molecule has 0 atom stereocenters. The van der Waals surface area contributed by atoms with E-state index in [0.29, 0.717) is 25.9 Å². The maximum Gasteiger partial charge on any atom is 0.360 e. The predicted octanol–water partition coefficient (Wildman–Crippen LogP) is 1.96. The number of hydrogen-bond donors (Lipinski definition) is 1. The number of imidazole rings is 1. The van der Waals surface area contributed by atoms with Crippen LogP contribution >= 0.6 is 0 Å². The van der Waals surface area contributed by atoms with Gasteiger partial charge < -0.3 is 24.7 Å². The van der Waals surface area contributed by atoms with Gasteiger partial charge in [-0.25, -0.2) is 19.6 Å². The van der Waals surface area contributed by atoms with Crippen molar-refractivity contribution >= 4 is 29.3 Å². The van der Waals surface area contributed by atoms with E-state index in [0.717, 1.165) is 0 Å². The highest BCUT2D eigenvalue weighted by molar-refractivity contribution is 5.96. The molecule has 0 spiro atoms. The second-order valence-corrected chi connectivity index (χ2v) is 6.83. The van der Waals surface area contributed by atoms with Crippen molar-refractivity contribution in [1.29, 1.82) is 0 Å². The topological polar surface area (TPSA) is 156 Å². The molecule has 2 aromatic rings. The number of hydrogen-bond acceptors (Lipinski definition) is 10. The number of rotatable bonds is 7. The molecule has 0 unspecified atom stereocenters. The Kier molecular flexibility index (Phi) is 6.68. The number of aromatic nitrogens is 3. The molecule has 12 nitrogen and oxygen atoms in total. The normalized spacial score (nSPS) is 14.3. The number of nitrogens with two attached hydrogens (primary N) is 1. The van der Waals surface area contributed by atoms with Gasteiger partial charge in [-0.3, -0.25) is 10.1 Å². The summed E-state index contributed by atoms with van der Waals surface area (Å²) < 4.78 is 11.6. The Labute approximate surface area is 178 Å². The number of pyridine rings is 1. The van der Waals surface area contributed by atoms with Crippen LogP contribution in [0.2, 0.25) is 0 Å². The summed E-state index contributed by atoms with van der Waals surface area (Å²) in [6.45, 7) is 4.55. The van der Waals surface area contributed by atoms with Crippen molar-refractivity contribution in [2.24, 2.45) is 0 Å². The van der Waals surface area contributed by atoms with E-state index in [1.807, 2.05) is 0 Å². The van der Waals surface area contributed by atoms with Crippen LogP contribution in [0.1, 0.15) is 53.6 Å². The quantitative estimate of drug-likeness (QED) is 0.390. The fourth-order valence-electron chi connectivity index (χ4n) is 3.60. The average Bonchev–Trinajstić information content (AvgIpc) is 3.15. The molecule has 31 heavy (non-hydrogen) atoms. The summed E-state index contributed by atoms with van der Waals surface area (Å²) in [6.07, 6.45) is 4.04. The molecule has 166 valence electrons. The minimum absolute atomic E-state index is 0.0424. The fraction of sp³-hybridized carbons (Fsp3) is 0.474. The van der Waals surface area contributed by atoms with Crippen LogP contribution in [0.4, 0.5) is 17.3 Å². The Morgan fingerprint density at radius 2 is 1.84 bits per heavy atom. The monoisotopic (exact) mass is 432 g/mol. The summed E-state index contributed by atoms with van der Waals surface area (Å²) in [5.74, 6) is -0.984. The molecule has 2 aromatic heterocycles. The van der Waals surface area contributed by atoms with Gasteiger partial charge >= 0.3 is 17.6 Å². The highest BCUT2D eigenvalue weighted by Gasteiger charge is 2.32. The van der Waals surface area contributed by atoms with Crippen molar-refractivity contribution in [3.8, 4) is 0 Å². The third-order valence-electron chi connectivity index (χ3n) is 5.04. The number of carbonyl (C=O) groups is 2. The molecule has 0 radical (unpaired) electrons. The van der Waals surface area contributed by atoms with E-state index in [2.05, 4.69) is 9.97 Å². The van der Waals surface area contributed by atoms with Gasteiger partial charge in [-0.05, 0) is 32.8 Å². The van der Waals surface area contributed by atoms with Gasteiger partial charge in [0, 0.05) is 25.3 Å². The van der Waals surface area contributed by atoms with E-state index in [1.165, 1.54) is 18.6 Å². The lowest BCUT2D eigenvalue weighted by atomic mass is 10.0. The van der Waals surface area contributed by atoms with Gasteiger partial charge in [0.15, 0.2) is 5.69 Å². The standard InChI is InChI=1S/C19H24N6O6/c1-3-30-18(26)13-5-8-21-17(15(13)25(28)29)23-9-6-12(7-10-23)24-11-22-14(16(24)20)19(27)31-4-2/h5,8,11-12H,3-4,6-7,9-10,20H2,1-2H3. The van der Waals surface area contributed by atoms with Crippen LogP contribution in [0.15, 0.2) is 18.6 Å². The first-order valence-electron chi connectivity index (χ1n) is 9.93. The van der Waals surface area contributed by atoms with Crippen molar-refractivity contribution in [3.05, 3.63) is 40.0 Å². The number of carbonyl (C=O) groups excluding carboxylic acids is 2. The number of esters is 2. The largest absolute Gasteiger partial charge is 0.462 e. The first-order chi connectivity index (χ1) is 14.9. The SMILES string of the molecule is CCOC(=O)c1ccnc(N2CCC(n3cnc(C(=O)OCC)c3N)CC2)c1[N+](=O)[O-]. The first kappa shape index (κ1) is 22.0. The molecule has 1 aliphatic rings. The summed E-state index contributed by atoms with van der Waals surface area (Å²) in [5.41, 5.74) is 5.67. The molecule has 3 rings (SSSR count). The number of nitrogens with zero attached hydrogens (tertiary/aromatic N) is 5. The van der Waals surface area contributed by atoms with Crippen molar-refractivity contribution in [2.45, 2.75) is 32.7 Å². The Bertz CT molecular complexity index is 982. The van der Waals surface area contributed by atoms with Gasteiger partial charge in [-0.2, -0.15) is 0 Å².